The summed E-state index contributed by atoms with van der Waals surface area (Å²) in [6, 6.07) is -0.200. The molecule has 33 heavy (non-hydrogen) atoms. The Morgan fingerprint density at radius 2 is 2.03 bits per heavy atom. The molecule has 0 aromatic rings. The van der Waals surface area contributed by atoms with Gasteiger partial charge in [-0.15, -0.1) is 0 Å². The summed E-state index contributed by atoms with van der Waals surface area (Å²) in [6.45, 7) is 4.61. The third kappa shape index (κ3) is 5.89. The lowest BCUT2D eigenvalue weighted by Crippen LogP contribution is -2.55. The Balaban J connectivity index is 1.72. The number of piperazine rings is 1. The van der Waals surface area contributed by atoms with Gasteiger partial charge in [0.05, 0.1) is 22.9 Å². The Bertz CT molecular complexity index is 975. The third-order valence-electron chi connectivity index (χ3n) is 5.70. The fourth-order valence-electron chi connectivity index (χ4n) is 3.82. The number of methoxy groups -OCH3 is 1. The first-order valence-corrected chi connectivity index (χ1v) is 11.8. The van der Waals surface area contributed by atoms with E-state index in [9.17, 15) is 18.0 Å². The molecule has 0 spiro atoms. The molecule has 2 heterocycles. The lowest BCUT2D eigenvalue weighted by atomic mass is 10.1. The maximum Gasteiger partial charge on any atom is 0.431 e. The minimum absolute atomic E-state index is 0.200. The lowest BCUT2D eigenvalue weighted by Gasteiger charge is -2.42. The van der Waals surface area contributed by atoms with Crippen LogP contribution in [0.15, 0.2) is 49.0 Å². The second-order valence-electron chi connectivity index (χ2n) is 7.91. The van der Waals surface area contributed by atoms with Crippen LogP contribution in [0.2, 0.25) is 0 Å². The molecule has 0 radical (unpaired) electrons. The summed E-state index contributed by atoms with van der Waals surface area (Å²) in [6.07, 6.45) is -0.858. The Hall–Kier alpha value is -1.65. The number of carbonyl (C=O) groups excluding carboxylic acids is 1. The number of halogens is 6. The SMILES string of the molecule is COC1=C(Cl)CC=C(Cl)C(N2CCN(C(=O)CN3N=C(C(F)(F)F)CC(Br)=C3C)C(C)C2)=C1. The average molecular weight is 572 g/mol. The second kappa shape index (κ2) is 10.3. The number of hydrazone groups is 1. The topological polar surface area (TPSA) is 48.4 Å². The van der Waals surface area contributed by atoms with Crippen LogP contribution < -0.4 is 0 Å². The van der Waals surface area contributed by atoms with Gasteiger partial charge in [0.15, 0.2) is 0 Å². The molecule has 1 atom stereocenters. The van der Waals surface area contributed by atoms with Gasteiger partial charge in [-0.05, 0) is 13.8 Å². The van der Waals surface area contributed by atoms with Crippen LogP contribution in [-0.2, 0) is 9.53 Å². The molecule has 182 valence electrons. The summed E-state index contributed by atoms with van der Waals surface area (Å²) < 4.78 is 45.3. The molecule has 0 aromatic carbocycles. The molecule has 12 heteroatoms. The molecule has 1 fully saturated rings. The minimum atomic E-state index is -4.56. The van der Waals surface area contributed by atoms with Gasteiger partial charge in [0.1, 0.15) is 18.0 Å². The Morgan fingerprint density at radius 3 is 2.64 bits per heavy atom. The van der Waals surface area contributed by atoms with Crippen LogP contribution in [0, 0.1) is 0 Å². The normalized spacial score (nSPS) is 22.8. The Kier molecular flexibility index (Phi) is 8.11. The smallest absolute Gasteiger partial charge is 0.431 e. The molecule has 1 aliphatic carbocycles. The predicted octanol–water partition coefficient (Wildman–Crippen LogP) is 5.28. The molecular weight excluding hydrogens is 548 g/mol. The van der Waals surface area contributed by atoms with Crippen molar-refractivity contribution in [1.29, 1.82) is 0 Å². The van der Waals surface area contributed by atoms with E-state index in [-0.39, 0.29) is 24.9 Å². The number of nitrogens with zero attached hydrogens (tertiary/aromatic N) is 4. The van der Waals surface area contributed by atoms with Crippen molar-refractivity contribution in [3.8, 4) is 0 Å². The zero-order valence-electron chi connectivity index (χ0n) is 18.3. The van der Waals surface area contributed by atoms with Crippen LogP contribution in [0.1, 0.15) is 26.7 Å². The molecule has 3 rings (SSSR count). The molecule has 0 aromatic heterocycles. The van der Waals surface area contributed by atoms with Gasteiger partial charge in [-0.2, -0.15) is 18.3 Å². The maximum atomic E-state index is 13.2. The first-order valence-electron chi connectivity index (χ1n) is 10.2. The fourth-order valence-corrected chi connectivity index (χ4v) is 4.75. The van der Waals surface area contributed by atoms with Gasteiger partial charge in [-0.1, -0.05) is 45.2 Å². The number of carbonyl (C=O) groups is 1. The van der Waals surface area contributed by atoms with Crippen LogP contribution in [0.5, 0.6) is 0 Å². The van der Waals surface area contributed by atoms with E-state index in [4.69, 9.17) is 27.9 Å². The monoisotopic (exact) mass is 570 g/mol. The molecule has 2 aliphatic heterocycles. The van der Waals surface area contributed by atoms with Crippen LogP contribution in [0.25, 0.3) is 0 Å². The third-order valence-corrected chi connectivity index (χ3v) is 7.25. The first kappa shape index (κ1) is 26.0. The first-order chi connectivity index (χ1) is 15.4. The summed E-state index contributed by atoms with van der Waals surface area (Å²) in [4.78, 5) is 16.7. The van der Waals surface area contributed by atoms with Gasteiger partial charge in [0.25, 0.3) is 0 Å². The molecule has 1 saturated heterocycles. The van der Waals surface area contributed by atoms with E-state index in [2.05, 4.69) is 21.0 Å². The molecule has 3 aliphatic rings. The van der Waals surface area contributed by atoms with Crippen molar-refractivity contribution < 1.29 is 22.7 Å². The summed E-state index contributed by atoms with van der Waals surface area (Å²) in [7, 11) is 1.53. The number of amides is 1. The summed E-state index contributed by atoms with van der Waals surface area (Å²) in [5.74, 6) is 0.229. The number of ether oxygens (including phenoxy) is 1. The number of hydrogen-bond donors (Lipinski definition) is 0. The van der Waals surface area contributed by atoms with Crippen molar-refractivity contribution in [2.24, 2.45) is 5.10 Å². The second-order valence-corrected chi connectivity index (χ2v) is 9.73. The number of alkyl halides is 3. The lowest BCUT2D eigenvalue weighted by molar-refractivity contribution is -0.136. The van der Waals surface area contributed by atoms with E-state index in [1.807, 2.05) is 17.9 Å². The van der Waals surface area contributed by atoms with Gasteiger partial charge >= 0.3 is 6.18 Å². The van der Waals surface area contributed by atoms with Crippen LogP contribution in [-0.4, -0.2) is 71.9 Å². The van der Waals surface area contributed by atoms with Gasteiger partial charge in [-0.25, -0.2) is 0 Å². The van der Waals surface area contributed by atoms with E-state index < -0.39 is 11.9 Å². The molecular formula is C21H24BrCl2F3N4O2. The van der Waals surface area contributed by atoms with Crippen molar-refractivity contribution in [3.05, 3.63) is 43.9 Å². The Morgan fingerprint density at radius 1 is 1.33 bits per heavy atom. The highest BCUT2D eigenvalue weighted by Crippen LogP contribution is 2.33. The summed E-state index contributed by atoms with van der Waals surface area (Å²) >= 11 is 15.9. The van der Waals surface area contributed by atoms with E-state index in [0.717, 1.165) is 10.7 Å². The van der Waals surface area contributed by atoms with Crippen LogP contribution in [0.3, 0.4) is 0 Å². The Labute approximate surface area is 209 Å². The molecule has 1 amide bonds. The largest absolute Gasteiger partial charge is 0.495 e. The van der Waals surface area contributed by atoms with Gasteiger partial charge < -0.3 is 14.5 Å². The molecule has 6 nitrogen and oxygen atoms in total. The van der Waals surface area contributed by atoms with Gasteiger partial charge in [-0.3, -0.25) is 9.80 Å². The summed E-state index contributed by atoms with van der Waals surface area (Å²) in [5, 5.41) is 5.89. The highest BCUT2D eigenvalue weighted by molar-refractivity contribution is 9.11. The van der Waals surface area contributed by atoms with Crippen LogP contribution in [0.4, 0.5) is 13.2 Å². The number of allylic oxidation sites excluding steroid dienone is 6. The van der Waals surface area contributed by atoms with Crippen molar-refractivity contribution in [1.82, 2.24) is 14.8 Å². The van der Waals surface area contributed by atoms with E-state index in [1.54, 1.807) is 17.9 Å². The molecule has 0 saturated carbocycles. The predicted molar refractivity (Wildman–Crippen MR) is 126 cm³/mol. The van der Waals surface area contributed by atoms with E-state index in [1.165, 1.54) is 7.11 Å². The fraction of sp³-hybridized carbons (Fsp3) is 0.524. The van der Waals surface area contributed by atoms with E-state index in [0.29, 0.717) is 52.1 Å². The van der Waals surface area contributed by atoms with Gasteiger partial charge in [0.2, 0.25) is 5.91 Å². The van der Waals surface area contributed by atoms with Gasteiger partial charge in [0, 0.05) is 54.8 Å². The average Bonchev–Trinajstić information content (AvgIpc) is 2.88. The quantitative estimate of drug-likeness (QED) is 0.461. The highest BCUT2D eigenvalue weighted by atomic mass is 79.9. The highest BCUT2D eigenvalue weighted by Gasteiger charge is 2.39. The van der Waals surface area contributed by atoms with Crippen molar-refractivity contribution in [3.63, 3.8) is 0 Å². The standard InChI is InChI=1S/C21H24BrCl2F3N4O2/c1-12-10-29(17-9-18(33-3)16(24)5-4-15(17)23)6-7-30(12)20(32)11-31-13(2)14(22)8-19(28-31)21(25,26)27/h4,9,12H,5-8,10-11H2,1-3H3. The number of hydrogen-bond acceptors (Lipinski definition) is 5. The van der Waals surface area contributed by atoms with Crippen LogP contribution >= 0.6 is 39.1 Å². The maximum absolute atomic E-state index is 13.2. The molecule has 0 N–H and O–H groups in total. The minimum Gasteiger partial charge on any atom is -0.495 e. The van der Waals surface area contributed by atoms with Crippen molar-refractivity contribution >= 4 is 50.8 Å². The zero-order valence-corrected chi connectivity index (χ0v) is 21.4. The molecule has 1 unspecified atom stereocenters. The van der Waals surface area contributed by atoms with E-state index >= 15 is 0 Å². The number of rotatable bonds is 4. The van der Waals surface area contributed by atoms with Crippen molar-refractivity contribution in [2.75, 3.05) is 33.3 Å². The summed E-state index contributed by atoms with van der Waals surface area (Å²) in [5.41, 5.74) is 0.299. The molecule has 0 bridgehead atoms. The van der Waals surface area contributed by atoms with Crippen molar-refractivity contribution in [2.45, 2.75) is 38.9 Å². The zero-order chi connectivity index (χ0) is 24.5.